The third-order valence-electron chi connectivity index (χ3n) is 5.78. The Morgan fingerprint density at radius 3 is 2.58 bits per heavy atom. The van der Waals surface area contributed by atoms with Crippen molar-refractivity contribution in [2.75, 3.05) is 13.1 Å². The number of aliphatic hydroxyl groups is 1. The Kier molecular flexibility index (Phi) is 4.01. The first-order valence-electron chi connectivity index (χ1n) is 9.24. The quantitative estimate of drug-likeness (QED) is 0.768. The molecule has 6 heteroatoms. The minimum absolute atomic E-state index is 0.0255. The van der Waals surface area contributed by atoms with Crippen LogP contribution in [-0.2, 0) is 10.2 Å². The van der Waals surface area contributed by atoms with E-state index in [0.29, 0.717) is 13.0 Å². The van der Waals surface area contributed by atoms with Gasteiger partial charge in [0.1, 0.15) is 0 Å². The molecule has 26 heavy (non-hydrogen) atoms. The fourth-order valence-electron chi connectivity index (χ4n) is 4.37. The molecule has 2 N–H and O–H groups in total. The fourth-order valence-corrected chi connectivity index (χ4v) is 4.74. The number of nitrogens with one attached hydrogen (secondary N) is 1. The molecule has 1 aliphatic heterocycles. The number of carbonyl (C=O) groups excluding carboxylic acids is 2. The summed E-state index contributed by atoms with van der Waals surface area (Å²) >= 11 is 3.50. The summed E-state index contributed by atoms with van der Waals surface area (Å²) in [6.07, 6.45) is 4.43. The van der Waals surface area contributed by atoms with Gasteiger partial charge in [-0.05, 0) is 69.7 Å². The van der Waals surface area contributed by atoms with Crippen LogP contribution in [0.3, 0.4) is 0 Å². The van der Waals surface area contributed by atoms with E-state index in [1.165, 1.54) is 0 Å². The van der Waals surface area contributed by atoms with Gasteiger partial charge in [-0.1, -0.05) is 15.9 Å². The number of amides is 2. The summed E-state index contributed by atoms with van der Waals surface area (Å²) in [5.41, 5.74) is 0.762. The van der Waals surface area contributed by atoms with Crippen molar-refractivity contribution >= 4 is 27.7 Å². The molecule has 1 spiro atoms. The van der Waals surface area contributed by atoms with E-state index in [2.05, 4.69) is 27.3 Å². The van der Waals surface area contributed by atoms with E-state index in [1.807, 2.05) is 12.1 Å². The Morgan fingerprint density at radius 1 is 1.31 bits per heavy atom. The molecule has 0 saturated heterocycles. The van der Waals surface area contributed by atoms with Crippen LogP contribution in [0.2, 0.25) is 0 Å². The lowest BCUT2D eigenvalue weighted by atomic mass is 9.86. The lowest BCUT2D eigenvalue weighted by molar-refractivity contribution is -0.123. The minimum atomic E-state index is -0.810. The molecule has 0 atom stereocenters. The average molecular weight is 421 g/mol. The maximum absolute atomic E-state index is 12.9. The number of carbonyl (C=O) groups is 2. The molecule has 1 heterocycles. The molecule has 2 fully saturated rings. The number of hydrogen-bond donors (Lipinski definition) is 2. The molecule has 0 aromatic heterocycles. The van der Waals surface area contributed by atoms with E-state index >= 15 is 0 Å². The van der Waals surface area contributed by atoms with E-state index in [-0.39, 0.29) is 29.3 Å². The van der Waals surface area contributed by atoms with Crippen molar-refractivity contribution in [2.24, 2.45) is 0 Å². The van der Waals surface area contributed by atoms with Crippen molar-refractivity contribution in [3.8, 4) is 0 Å². The van der Waals surface area contributed by atoms with Gasteiger partial charge in [0.2, 0.25) is 5.91 Å². The SMILES string of the molecule is CC(C)(O)CC1(NC(=O)CN2CC3(CC3)c3cc(Br)ccc3C2=O)CC1. The highest BCUT2D eigenvalue weighted by molar-refractivity contribution is 9.10. The predicted molar refractivity (Wildman–Crippen MR) is 102 cm³/mol. The van der Waals surface area contributed by atoms with Gasteiger partial charge in [-0.2, -0.15) is 0 Å². The molecule has 1 aromatic rings. The maximum atomic E-state index is 12.9. The van der Waals surface area contributed by atoms with Crippen LogP contribution in [0.4, 0.5) is 0 Å². The molecule has 2 saturated carbocycles. The number of benzene rings is 1. The van der Waals surface area contributed by atoms with Crippen LogP contribution < -0.4 is 5.32 Å². The van der Waals surface area contributed by atoms with Gasteiger partial charge in [0, 0.05) is 27.5 Å². The third-order valence-corrected chi connectivity index (χ3v) is 6.27. The lowest BCUT2D eigenvalue weighted by Gasteiger charge is -2.35. The highest BCUT2D eigenvalue weighted by Crippen LogP contribution is 2.52. The molecule has 140 valence electrons. The Labute approximate surface area is 162 Å². The van der Waals surface area contributed by atoms with Gasteiger partial charge in [0.25, 0.3) is 5.91 Å². The highest BCUT2D eigenvalue weighted by Gasteiger charge is 2.52. The van der Waals surface area contributed by atoms with Crippen molar-refractivity contribution in [3.63, 3.8) is 0 Å². The first kappa shape index (κ1) is 18.0. The van der Waals surface area contributed by atoms with Crippen molar-refractivity contribution in [2.45, 2.75) is 62.5 Å². The number of nitrogens with zero attached hydrogens (tertiary/aromatic N) is 1. The van der Waals surface area contributed by atoms with Gasteiger partial charge in [-0.3, -0.25) is 9.59 Å². The van der Waals surface area contributed by atoms with Crippen molar-refractivity contribution in [3.05, 3.63) is 33.8 Å². The standard InChI is InChI=1S/C20H25BrN2O3/c1-18(2,26)11-20(7-8-20)22-16(24)10-23-12-19(5-6-19)15-9-13(21)3-4-14(15)17(23)25/h3-4,9,26H,5-8,10-12H2,1-2H3,(H,22,24). The van der Waals surface area contributed by atoms with Crippen LogP contribution in [0.25, 0.3) is 0 Å². The fraction of sp³-hybridized carbons (Fsp3) is 0.600. The first-order valence-corrected chi connectivity index (χ1v) is 10.0. The zero-order chi connectivity index (χ0) is 18.7. The van der Waals surface area contributed by atoms with Gasteiger partial charge in [0.05, 0.1) is 12.1 Å². The molecule has 4 rings (SSSR count). The summed E-state index contributed by atoms with van der Waals surface area (Å²) in [5.74, 6) is -0.191. The Bertz CT molecular complexity index is 776. The second-order valence-electron chi connectivity index (χ2n) is 8.95. The average Bonchev–Trinajstić information content (AvgIpc) is 3.42. The Morgan fingerprint density at radius 2 is 2.00 bits per heavy atom. The summed E-state index contributed by atoms with van der Waals surface area (Å²) in [7, 11) is 0. The predicted octanol–water partition coefficient (Wildman–Crippen LogP) is 2.75. The number of hydrogen-bond acceptors (Lipinski definition) is 3. The number of rotatable bonds is 5. The van der Waals surface area contributed by atoms with Crippen LogP contribution >= 0.6 is 15.9 Å². The monoisotopic (exact) mass is 420 g/mol. The molecule has 3 aliphatic rings. The summed E-state index contributed by atoms with van der Waals surface area (Å²) in [6, 6.07) is 5.81. The number of halogens is 1. The first-order chi connectivity index (χ1) is 12.1. The molecule has 0 radical (unpaired) electrons. The van der Waals surface area contributed by atoms with Gasteiger partial charge < -0.3 is 15.3 Å². The normalized spacial score (nSPS) is 22.2. The van der Waals surface area contributed by atoms with Crippen molar-refractivity contribution in [1.29, 1.82) is 0 Å². The van der Waals surface area contributed by atoms with E-state index in [4.69, 9.17) is 0 Å². The van der Waals surface area contributed by atoms with Crippen LogP contribution in [0.15, 0.2) is 22.7 Å². The molecular formula is C20H25BrN2O3. The van der Waals surface area contributed by atoms with Gasteiger partial charge in [0.15, 0.2) is 0 Å². The van der Waals surface area contributed by atoms with Crippen molar-refractivity contribution in [1.82, 2.24) is 10.2 Å². The zero-order valence-electron chi connectivity index (χ0n) is 15.3. The highest BCUT2D eigenvalue weighted by atomic mass is 79.9. The van der Waals surface area contributed by atoms with Crippen LogP contribution in [0.5, 0.6) is 0 Å². The number of fused-ring (bicyclic) bond motifs is 2. The molecule has 0 bridgehead atoms. The smallest absolute Gasteiger partial charge is 0.254 e. The van der Waals surface area contributed by atoms with Crippen molar-refractivity contribution < 1.29 is 14.7 Å². The topological polar surface area (TPSA) is 69.6 Å². The third kappa shape index (κ3) is 3.41. The van der Waals surface area contributed by atoms with Gasteiger partial charge in [-0.15, -0.1) is 0 Å². The largest absolute Gasteiger partial charge is 0.390 e. The van der Waals surface area contributed by atoms with Crippen LogP contribution in [0, 0.1) is 0 Å². The summed E-state index contributed by atoms with van der Waals surface area (Å²) in [6.45, 7) is 4.23. The maximum Gasteiger partial charge on any atom is 0.254 e. The van der Waals surface area contributed by atoms with Gasteiger partial charge in [-0.25, -0.2) is 0 Å². The second-order valence-corrected chi connectivity index (χ2v) is 9.86. The second kappa shape index (κ2) is 5.80. The van der Waals surface area contributed by atoms with Gasteiger partial charge >= 0.3 is 0 Å². The van der Waals surface area contributed by atoms with E-state index < -0.39 is 5.60 Å². The minimum Gasteiger partial charge on any atom is -0.390 e. The van der Waals surface area contributed by atoms with E-state index in [0.717, 1.165) is 41.3 Å². The summed E-state index contributed by atoms with van der Waals surface area (Å²) in [4.78, 5) is 27.2. The summed E-state index contributed by atoms with van der Waals surface area (Å²) < 4.78 is 0.990. The molecule has 5 nitrogen and oxygen atoms in total. The zero-order valence-corrected chi connectivity index (χ0v) is 16.9. The van der Waals surface area contributed by atoms with E-state index in [1.54, 1.807) is 18.7 Å². The Balaban J connectivity index is 1.47. The Hall–Kier alpha value is -1.40. The molecule has 2 amide bonds. The molecule has 0 unspecified atom stereocenters. The molecule has 1 aromatic carbocycles. The van der Waals surface area contributed by atoms with Crippen LogP contribution in [0.1, 0.15) is 61.9 Å². The lowest BCUT2D eigenvalue weighted by Crippen LogP contribution is -2.51. The molecule has 2 aliphatic carbocycles. The summed E-state index contributed by atoms with van der Waals surface area (Å²) in [5, 5.41) is 13.1. The molecular weight excluding hydrogens is 396 g/mol. The van der Waals surface area contributed by atoms with E-state index in [9.17, 15) is 14.7 Å². The van der Waals surface area contributed by atoms with Crippen LogP contribution in [-0.4, -0.2) is 46.1 Å².